The molecule has 0 fully saturated rings. The molecule has 1 N–H and O–H groups in total. The standard InChI is InChI=1S/C13H17ClN2O4/c1-8(2)9(3)15-13(17)7-20-12-6-10(14)4-5-11(12)16(18)19/h4-6,8-9H,7H2,1-3H3,(H,15,17). The number of halogens is 1. The summed E-state index contributed by atoms with van der Waals surface area (Å²) in [6, 6.07) is 3.96. The molecule has 1 aromatic carbocycles. The lowest BCUT2D eigenvalue weighted by atomic mass is 10.1. The molecule has 0 aromatic heterocycles. The van der Waals surface area contributed by atoms with E-state index in [4.69, 9.17) is 16.3 Å². The summed E-state index contributed by atoms with van der Waals surface area (Å²) in [7, 11) is 0. The third-order valence-electron chi connectivity index (χ3n) is 2.87. The minimum atomic E-state index is -0.583. The van der Waals surface area contributed by atoms with Crippen molar-refractivity contribution < 1.29 is 14.5 Å². The highest BCUT2D eigenvalue weighted by molar-refractivity contribution is 6.30. The first kappa shape index (κ1) is 16.2. The zero-order valence-electron chi connectivity index (χ0n) is 11.6. The maximum atomic E-state index is 11.7. The van der Waals surface area contributed by atoms with Gasteiger partial charge in [0.1, 0.15) is 0 Å². The Morgan fingerprint density at radius 1 is 1.45 bits per heavy atom. The normalized spacial score (nSPS) is 12.1. The summed E-state index contributed by atoms with van der Waals surface area (Å²) in [6.07, 6.45) is 0. The molecular weight excluding hydrogens is 284 g/mol. The van der Waals surface area contributed by atoms with Crippen LogP contribution in [0.2, 0.25) is 5.02 Å². The van der Waals surface area contributed by atoms with Crippen molar-refractivity contribution in [3.63, 3.8) is 0 Å². The highest BCUT2D eigenvalue weighted by Gasteiger charge is 2.17. The first-order valence-electron chi connectivity index (χ1n) is 6.17. The van der Waals surface area contributed by atoms with Crippen LogP contribution < -0.4 is 10.1 Å². The number of carbonyl (C=O) groups is 1. The van der Waals surface area contributed by atoms with Crippen LogP contribution in [0.25, 0.3) is 0 Å². The molecule has 0 saturated carbocycles. The third-order valence-corrected chi connectivity index (χ3v) is 3.10. The van der Waals surface area contributed by atoms with E-state index >= 15 is 0 Å². The van der Waals surface area contributed by atoms with Crippen molar-refractivity contribution in [2.75, 3.05) is 6.61 Å². The van der Waals surface area contributed by atoms with E-state index in [1.54, 1.807) is 0 Å². The number of rotatable bonds is 6. The monoisotopic (exact) mass is 300 g/mol. The van der Waals surface area contributed by atoms with E-state index in [1.165, 1.54) is 18.2 Å². The second kappa shape index (κ2) is 7.09. The topological polar surface area (TPSA) is 81.5 Å². The summed E-state index contributed by atoms with van der Waals surface area (Å²) in [5.74, 6) is -0.0604. The molecule has 0 bridgehead atoms. The first-order valence-corrected chi connectivity index (χ1v) is 6.55. The molecule has 20 heavy (non-hydrogen) atoms. The molecule has 0 aliphatic rings. The van der Waals surface area contributed by atoms with E-state index in [0.29, 0.717) is 10.9 Å². The van der Waals surface area contributed by atoms with Gasteiger partial charge in [-0.2, -0.15) is 0 Å². The number of nitrogens with one attached hydrogen (secondary N) is 1. The minimum absolute atomic E-state index is 0.000414. The van der Waals surface area contributed by atoms with Gasteiger partial charge in [0, 0.05) is 23.2 Å². The maximum absolute atomic E-state index is 11.7. The van der Waals surface area contributed by atoms with Crippen LogP contribution in [0.5, 0.6) is 5.75 Å². The van der Waals surface area contributed by atoms with Gasteiger partial charge in [-0.25, -0.2) is 0 Å². The Morgan fingerprint density at radius 3 is 2.65 bits per heavy atom. The van der Waals surface area contributed by atoms with Crippen LogP contribution in [-0.4, -0.2) is 23.5 Å². The fourth-order valence-electron chi connectivity index (χ4n) is 1.36. The van der Waals surface area contributed by atoms with Crippen LogP contribution in [0.4, 0.5) is 5.69 Å². The van der Waals surface area contributed by atoms with Gasteiger partial charge in [0.25, 0.3) is 5.91 Å². The number of ether oxygens (including phenoxy) is 1. The molecule has 1 unspecified atom stereocenters. The lowest BCUT2D eigenvalue weighted by molar-refractivity contribution is -0.385. The van der Waals surface area contributed by atoms with Gasteiger partial charge >= 0.3 is 5.69 Å². The van der Waals surface area contributed by atoms with Crippen molar-refractivity contribution in [2.24, 2.45) is 5.92 Å². The van der Waals surface area contributed by atoms with E-state index in [1.807, 2.05) is 20.8 Å². The molecule has 1 atom stereocenters. The Hall–Kier alpha value is -1.82. The Labute approximate surface area is 122 Å². The zero-order valence-corrected chi connectivity index (χ0v) is 12.3. The summed E-state index contributed by atoms with van der Waals surface area (Å²) in [5.41, 5.74) is -0.223. The van der Waals surface area contributed by atoms with Crippen molar-refractivity contribution in [3.8, 4) is 5.75 Å². The second-order valence-corrected chi connectivity index (χ2v) is 5.19. The van der Waals surface area contributed by atoms with E-state index in [-0.39, 0.29) is 30.0 Å². The predicted molar refractivity (Wildman–Crippen MR) is 76.0 cm³/mol. The molecule has 0 saturated heterocycles. The van der Waals surface area contributed by atoms with Gasteiger partial charge in [-0.05, 0) is 18.9 Å². The quantitative estimate of drug-likeness (QED) is 0.647. The molecule has 0 heterocycles. The van der Waals surface area contributed by atoms with Crippen LogP contribution in [0, 0.1) is 16.0 Å². The number of nitrogens with zero attached hydrogens (tertiary/aromatic N) is 1. The molecule has 6 nitrogen and oxygen atoms in total. The fraction of sp³-hybridized carbons (Fsp3) is 0.462. The summed E-state index contributed by atoms with van der Waals surface area (Å²) in [6.45, 7) is 5.55. The Bertz CT molecular complexity index is 505. The van der Waals surface area contributed by atoms with Gasteiger partial charge in [-0.15, -0.1) is 0 Å². The highest BCUT2D eigenvalue weighted by atomic mass is 35.5. The van der Waals surface area contributed by atoms with Gasteiger partial charge in [0.2, 0.25) is 0 Å². The SMILES string of the molecule is CC(C)C(C)NC(=O)COc1cc(Cl)ccc1[N+](=O)[O-]. The summed E-state index contributed by atoms with van der Waals surface area (Å²) in [5, 5.41) is 13.9. The van der Waals surface area contributed by atoms with Crippen LogP contribution >= 0.6 is 11.6 Å². The Balaban J connectivity index is 2.68. The summed E-state index contributed by atoms with van der Waals surface area (Å²) >= 11 is 5.76. The number of carbonyl (C=O) groups excluding carboxylic acids is 1. The van der Waals surface area contributed by atoms with Crippen molar-refractivity contribution in [2.45, 2.75) is 26.8 Å². The molecule has 0 aliphatic carbocycles. The van der Waals surface area contributed by atoms with Crippen LogP contribution in [0.15, 0.2) is 18.2 Å². The van der Waals surface area contributed by atoms with Crippen LogP contribution in [0.3, 0.4) is 0 Å². The Morgan fingerprint density at radius 2 is 2.10 bits per heavy atom. The molecule has 0 aliphatic heterocycles. The van der Waals surface area contributed by atoms with Gasteiger partial charge in [-0.1, -0.05) is 25.4 Å². The predicted octanol–water partition coefficient (Wildman–Crippen LogP) is 2.79. The molecule has 1 aromatic rings. The molecular formula is C13H17ClN2O4. The Kier molecular flexibility index (Phi) is 5.76. The second-order valence-electron chi connectivity index (χ2n) is 4.76. The van der Waals surface area contributed by atoms with E-state index in [9.17, 15) is 14.9 Å². The fourth-order valence-corrected chi connectivity index (χ4v) is 1.52. The summed E-state index contributed by atoms with van der Waals surface area (Å²) in [4.78, 5) is 21.9. The molecule has 1 rings (SSSR count). The lowest BCUT2D eigenvalue weighted by Crippen LogP contribution is -2.39. The first-order chi connectivity index (χ1) is 9.31. The highest BCUT2D eigenvalue weighted by Crippen LogP contribution is 2.29. The van der Waals surface area contributed by atoms with Gasteiger partial charge in [0.15, 0.2) is 12.4 Å². The van der Waals surface area contributed by atoms with Crippen molar-refractivity contribution >= 4 is 23.2 Å². The van der Waals surface area contributed by atoms with Gasteiger partial charge < -0.3 is 10.1 Å². The number of benzene rings is 1. The number of nitro benzene ring substituents is 1. The van der Waals surface area contributed by atoms with E-state index in [2.05, 4.69) is 5.32 Å². The van der Waals surface area contributed by atoms with Crippen molar-refractivity contribution in [3.05, 3.63) is 33.3 Å². The summed E-state index contributed by atoms with van der Waals surface area (Å²) < 4.78 is 5.18. The van der Waals surface area contributed by atoms with Gasteiger partial charge in [-0.3, -0.25) is 14.9 Å². The number of amides is 1. The number of nitro groups is 1. The van der Waals surface area contributed by atoms with Crippen molar-refractivity contribution in [1.29, 1.82) is 0 Å². The largest absolute Gasteiger partial charge is 0.477 e. The minimum Gasteiger partial charge on any atom is -0.477 e. The maximum Gasteiger partial charge on any atom is 0.311 e. The molecule has 7 heteroatoms. The number of hydrogen-bond acceptors (Lipinski definition) is 4. The zero-order chi connectivity index (χ0) is 15.3. The van der Waals surface area contributed by atoms with E-state index < -0.39 is 4.92 Å². The number of hydrogen-bond donors (Lipinski definition) is 1. The van der Waals surface area contributed by atoms with Gasteiger partial charge in [0.05, 0.1) is 4.92 Å². The smallest absolute Gasteiger partial charge is 0.311 e. The molecule has 0 radical (unpaired) electrons. The lowest BCUT2D eigenvalue weighted by Gasteiger charge is -2.17. The van der Waals surface area contributed by atoms with E-state index in [0.717, 1.165) is 0 Å². The van der Waals surface area contributed by atoms with Crippen LogP contribution in [-0.2, 0) is 4.79 Å². The third kappa shape index (κ3) is 4.70. The molecule has 0 spiro atoms. The average molecular weight is 301 g/mol. The average Bonchev–Trinajstić information content (AvgIpc) is 2.35. The molecule has 1 amide bonds. The van der Waals surface area contributed by atoms with Crippen molar-refractivity contribution in [1.82, 2.24) is 5.32 Å². The molecule has 110 valence electrons. The van der Waals surface area contributed by atoms with Crippen LogP contribution in [0.1, 0.15) is 20.8 Å².